The largest absolute Gasteiger partial charge is 0.497 e. The Labute approximate surface area is 239 Å². The van der Waals surface area contributed by atoms with E-state index in [4.69, 9.17) is 16.3 Å². The maximum atomic E-state index is 15.2. The van der Waals surface area contributed by atoms with Crippen LogP contribution < -0.4 is 25.8 Å². The predicted molar refractivity (Wildman–Crippen MR) is 149 cm³/mol. The third-order valence-corrected chi connectivity index (χ3v) is 7.86. The van der Waals surface area contributed by atoms with Crippen molar-refractivity contribution in [1.29, 1.82) is 0 Å². The molecule has 2 aliphatic rings. The summed E-state index contributed by atoms with van der Waals surface area (Å²) in [7, 11) is 1.27. The van der Waals surface area contributed by atoms with Crippen LogP contribution in [-0.4, -0.2) is 54.0 Å². The lowest BCUT2D eigenvalue weighted by Gasteiger charge is -2.27. The Bertz CT molecular complexity index is 1520. The summed E-state index contributed by atoms with van der Waals surface area (Å²) in [6.45, 7) is -0.564. The molecule has 3 N–H and O–H groups in total. The summed E-state index contributed by atoms with van der Waals surface area (Å²) in [6, 6.07) is 8.29. The minimum absolute atomic E-state index is 0.000670. The first kappa shape index (κ1) is 28.6. The average molecular weight is 587 g/mol. The lowest BCUT2D eigenvalue weighted by atomic mass is 9.88. The lowest BCUT2D eigenvalue weighted by molar-refractivity contribution is -0.118. The van der Waals surface area contributed by atoms with Crippen molar-refractivity contribution in [1.82, 2.24) is 15.2 Å². The van der Waals surface area contributed by atoms with Crippen LogP contribution >= 0.6 is 11.6 Å². The highest BCUT2D eigenvalue weighted by atomic mass is 35.5. The number of halogens is 3. The summed E-state index contributed by atoms with van der Waals surface area (Å²) < 4.78 is 36.6. The summed E-state index contributed by atoms with van der Waals surface area (Å²) in [5, 5.41) is 15.4. The number of ether oxygens (including phenoxy) is 1. The van der Waals surface area contributed by atoms with E-state index < -0.39 is 46.7 Å². The lowest BCUT2D eigenvalue weighted by Crippen LogP contribution is -2.51. The zero-order chi connectivity index (χ0) is 29.3. The van der Waals surface area contributed by atoms with Gasteiger partial charge in [-0.25, -0.2) is 13.6 Å². The molecule has 3 amide bonds. The molecule has 0 saturated carbocycles. The first-order valence-corrected chi connectivity index (χ1v) is 13.6. The van der Waals surface area contributed by atoms with E-state index in [2.05, 4.69) is 10.6 Å². The number of aromatic nitrogens is 1. The molecule has 0 spiro atoms. The molecule has 9 nitrogen and oxygen atoms in total. The summed E-state index contributed by atoms with van der Waals surface area (Å²) in [5.41, 5.74) is 1.17. The van der Waals surface area contributed by atoms with E-state index in [1.807, 2.05) is 12.1 Å². The number of amides is 3. The Hall–Kier alpha value is -3.96. The Kier molecular flexibility index (Phi) is 8.27. The Morgan fingerprint density at radius 2 is 1.88 bits per heavy atom. The van der Waals surface area contributed by atoms with Crippen LogP contribution in [0.25, 0.3) is 0 Å². The zero-order valence-electron chi connectivity index (χ0n) is 22.2. The molecule has 3 aromatic rings. The fraction of sp³-hybridized carbons (Fsp3) is 0.345. The number of aliphatic hydroxyl groups excluding tert-OH is 1. The van der Waals surface area contributed by atoms with Gasteiger partial charge in [0.1, 0.15) is 29.1 Å². The molecule has 216 valence electrons. The third-order valence-electron chi connectivity index (χ3n) is 7.62. The molecule has 12 heteroatoms. The number of anilines is 1. The van der Waals surface area contributed by atoms with Gasteiger partial charge in [-0.1, -0.05) is 17.7 Å². The van der Waals surface area contributed by atoms with Gasteiger partial charge in [-0.3, -0.25) is 9.59 Å². The molecular formula is C29H29ClF2N4O5. The van der Waals surface area contributed by atoms with Crippen molar-refractivity contribution in [2.24, 2.45) is 0 Å². The predicted octanol–water partition coefficient (Wildman–Crippen LogP) is 3.14. The topological polar surface area (TPSA) is 113 Å². The van der Waals surface area contributed by atoms with Gasteiger partial charge in [0.25, 0.3) is 11.5 Å². The molecule has 1 unspecified atom stereocenters. The molecule has 1 aliphatic heterocycles. The van der Waals surface area contributed by atoms with Crippen LogP contribution in [-0.2, 0) is 24.2 Å². The second-order valence-corrected chi connectivity index (χ2v) is 10.6. The number of fused-ring (bicyclic) bond motifs is 1. The second-order valence-electron chi connectivity index (χ2n) is 10.1. The van der Waals surface area contributed by atoms with Crippen LogP contribution in [0.5, 0.6) is 5.75 Å². The van der Waals surface area contributed by atoms with Crippen molar-refractivity contribution in [2.45, 2.75) is 43.8 Å². The summed E-state index contributed by atoms with van der Waals surface area (Å²) >= 11 is 6.09. The zero-order valence-corrected chi connectivity index (χ0v) is 23.0. The van der Waals surface area contributed by atoms with Crippen LogP contribution in [0.2, 0.25) is 5.02 Å². The molecule has 41 heavy (non-hydrogen) atoms. The van der Waals surface area contributed by atoms with E-state index in [0.29, 0.717) is 24.3 Å². The summed E-state index contributed by atoms with van der Waals surface area (Å²) in [4.78, 5) is 41.0. The van der Waals surface area contributed by atoms with Crippen molar-refractivity contribution in [3.63, 3.8) is 0 Å². The van der Waals surface area contributed by atoms with Crippen molar-refractivity contribution in [2.75, 3.05) is 25.2 Å². The van der Waals surface area contributed by atoms with Gasteiger partial charge in [0.15, 0.2) is 0 Å². The highest BCUT2D eigenvalue weighted by molar-refractivity contribution is 6.30. The van der Waals surface area contributed by atoms with Gasteiger partial charge < -0.3 is 29.9 Å². The molecule has 1 aliphatic carbocycles. The van der Waals surface area contributed by atoms with Gasteiger partial charge in [-0.15, -0.1) is 0 Å². The number of hydrogen-bond donors (Lipinski definition) is 3. The fourth-order valence-electron chi connectivity index (χ4n) is 5.63. The highest BCUT2D eigenvalue weighted by Gasteiger charge is 2.46. The second kappa shape index (κ2) is 11.9. The number of nitrogens with one attached hydrogen (secondary N) is 2. The summed E-state index contributed by atoms with van der Waals surface area (Å²) in [5.74, 6) is -3.77. The summed E-state index contributed by atoms with van der Waals surface area (Å²) in [6.07, 6.45) is 3.37. The van der Waals surface area contributed by atoms with Crippen LogP contribution in [0.15, 0.2) is 53.5 Å². The van der Waals surface area contributed by atoms with Crippen LogP contribution in [0.1, 0.15) is 29.0 Å². The van der Waals surface area contributed by atoms with E-state index in [1.165, 1.54) is 30.0 Å². The molecular weight excluding hydrogens is 558 g/mol. The number of pyridine rings is 1. The SMILES string of the molecule is COc1cc(F)c([C@@H]2CN(c3cccn(CCO)c3=O)C(=O)[C@H]2NC(=O)NC2CCc3cc(Cl)ccc3C2)c(F)c1. The van der Waals surface area contributed by atoms with E-state index in [-0.39, 0.29) is 37.2 Å². The number of urea groups is 1. The number of carbonyl (C=O) groups excluding carboxylic acids is 2. The number of methoxy groups -OCH3 is 1. The first-order valence-electron chi connectivity index (χ1n) is 13.2. The van der Waals surface area contributed by atoms with Crippen molar-refractivity contribution in [3.8, 4) is 5.75 Å². The van der Waals surface area contributed by atoms with Crippen molar-refractivity contribution >= 4 is 29.2 Å². The van der Waals surface area contributed by atoms with Gasteiger partial charge in [-0.2, -0.15) is 0 Å². The fourth-order valence-corrected chi connectivity index (χ4v) is 5.83. The monoisotopic (exact) mass is 586 g/mol. The van der Waals surface area contributed by atoms with Crippen molar-refractivity contribution < 1.29 is 28.2 Å². The molecule has 1 saturated heterocycles. The highest BCUT2D eigenvalue weighted by Crippen LogP contribution is 2.36. The standard InChI is InChI=1S/C29H29ClF2N4O5/c1-41-20-13-22(31)25(23(32)14-20)21-15-36(24-3-2-8-35(9-10-37)27(24)38)28(39)26(21)34-29(40)33-19-7-5-16-11-18(30)6-4-17(16)12-19/h2-4,6,8,11,13-14,19,21,26,37H,5,7,9-10,12,15H2,1H3,(H2,33,34,40)/t19?,21-,26-/m0/s1. The van der Waals surface area contributed by atoms with E-state index in [0.717, 1.165) is 28.2 Å². The Morgan fingerprint density at radius 3 is 2.59 bits per heavy atom. The van der Waals surface area contributed by atoms with Gasteiger partial charge in [0.2, 0.25) is 0 Å². The Balaban J connectivity index is 1.43. The van der Waals surface area contributed by atoms with Crippen molar-refractivity contribution in [3.05, 3.63) is 92.4 Å². The average Bonchev–Trinajstić information content (AvgIpc) is 3.24. The maximum absolute atomic E-state index is 15.2. The molecule has 2 aromatic carbocycles. The quantitative estimate of drug-likeness (QED) is 0.394. The number of aliphatic hydroxyl groups is 1. The van der Waals surface area contributed by atoms with Gasteiger partial charge >= 0.3 is 6.03 Å². The van der Waals surface area contributed by atoms with E-state index in [9.17, 15) is 19.5 Å². The first-order chi connectivity index (χ1) is 19.7. The van der Waals surface area contributed by atoms with Gasteiger partial charge in [0.05, 0.1) is 13.7 Å². The molecule has 0 bridgehead atoms. The third kappa shape index (κ3) is 5.77. The number of benzene rings is 2. The smallest absolute Gasteiger partial charge is 0.315 e. The van der Waals surface area contributed by atoms with E-state index in [1.54, 1.807) is 6.07 Å². The minimum Gasteiger partial charge on any atom is -0.497 e. The molecule has 1 aromatic heterocycles. The number of rotatable bonds is 7. The number of hydrogen-bond acceptors (Lipinski definition) is 5. The van der Waals surface area contributed by atoms with Gasteiger partial charge in [0, 0.05) is 54.0 Å². The minimum atomic E-state index is -1.37. The number of aryl methyl sites for hydroxylation is 1. The van der Waals surface area contributed by atoms with E-state index >= 15 is 8.78 Å². The Morgan fingerprint density at radius 1 is 1.12 bits per heavy atom. The number of carbonyl (C=O) groups is 2. The van der Waals surface area contributed by atoms with Crippen LogP contribution in [0.3, 0.4) is 0 Å². The maximum Gasteiger partial charge on any atom is 0.315 e. The molecule has 1 fully saturated rings. The normalized spacial score (nSPS) is 20.1. The molecule has 0 radical (unpaired) electrons. The molecule has 5 rings (SSSR count). The number of nitrogens with zero attached hydrogens (tertiary/aromatic N) is 2. The molecule has 3 atom stereocenters. The van der Waals surface area contributed by atoms with Gasteiger partial charge in [-0.05, 0) is 54.7 Å². The van der Waals surface area contributed by atoms with Crippen LogP contribution in [0, 0.1) is 11.6 Å². The molecule has 2 heterocycles. The van der Waals surface area contributed by atoms with Crippen LogP contribution in [0.4, 0.5) is 19.3 Å².